The van der Waals surface area contributed by atoms with Crippen molar-refractivity contribution in [1.82, 2.24) is 10.6 Å². The molecule has 0 saturated carbocycles. The Morgan fingerprint density at radius 2 is 2.17 bits per heavy atom. The van der Waals surface area contributed by atoms with Gasteiger partial charge < -0.3 is 10.6 Å². The van der Waals surface area contributed by atoms with E-state index >= 15 is 0 Å². The Kier molecular flexibility index (Phi) is 3.13. The van der Waals surface area contributed by atoms with Crippen LogP contribution in [-0.2, 0) is 19.6 Å². The molecule has 92 valence electrons. The van der Waals surface area contributed by atoms with Crippen molar-refractivity contribution in [2.75, 3.05) is 0 Å². The van der Waals surface area contributed by atoms with Gasteiger partial charge in [-0.25, -0.2) is 0 Å². The zero-order chi connectivity index (χ0) is 12.4. The van der Waals surface area contributed by atoms with Gasteiger partial charge in [-0.05, 0) is 28.1 Å². The maximum absolute atomic E-state index is 11.8. The summed E-state index contributed by atoms with van der Waals surface area (Å²) >= 11 is 1.54. The quantitative estimate of drug-likeness (QED) is 0.887. The number of nitrogens with one attached hydrogen (secondary N) is 2. The third kappa shape index (κ3) is 2.30. The average Bonchev–Trinajstić information content (AvgIpc) is 3.05. The van der Waals surface area contributed by atoms with E-state index in [0.717, 1.165) is 24.2 Å². The highest BCUT2D eigenvalue weighted by Crippen LogP contribution is 2.17. The second kappa shape index (κ2) is 4.92. The van der Waals surface area contributed by atoms with Crippen molar-refractivity contribution >= 4 is 17.2 Å². The maximum Gasteiger partial charge on any atom is 0.252 e. The molecule has 0 aliphatic carbocycles. The molecule has 2 N–H and O–H groups in total. The zero-order valence-electron chi connectivity index (χ0n) is 9.90. The Labute approximate surface area is 110 Å². The van der Waals surface area contributed by atoms with E-state index in [9.17, 15) is 4.79 Å². The molecule has 0 fully saturated rings. The van der Waals surface area contributed by atoms with Gasteiger partial charge in [0.1, 0.15) is 0 Å². The molecular formula is C14H14N2OS. The third-order valence-electron chi connectivity index (χ3n) is 3.14. The first-order valence-electron chi connectivity index (χ1n) is 5.95. The summed E-state index contributed by atoms with van der Waals surface area (Å²) in [6.07, 6.45) is 0. The van der Waals surface area contributed by atoms with Crippen molar-refractivity contribution in [3.05, 3.63) is 57.3 Å². The molecular weight excluding hydrogens is 244 g/mol. The van der Waals surface area contributed by atoms with Gasteiger partial charge in [-0.15, -0.1) is 0 Å². The largest absolute Gasteiger partial charge is 0.348 e. The minimum Gasteiger partial charge on any atom is -0.348 e. The summed E-state index contributed by atoms with van der Waals surface area (Å²) in [6, 6.07) is 8.23. The minimum absolute atomic E-state index is 0.00475. The van der Waals surface area contributed by atoms with Gasteiger partial charge in [0.15, 0.2) is 0 Å². The van der Waals surface area contributed by atoms with E-state index in [4.69, 9.17) is 0 Å². The second-order valence-electron chi connectivity index (χ2n) is 4.40. The summed E-state index contributed by atoms with van der Waals surface area (Å²) in [6.45, 7) is 2.47. The second-order valence-corrected chi connectivity index (χ2v) is 5.18. The van der Waals surface area contributed by atoms with Gasteiger partial charge in [0.05, 0.1) is 0 Å². The van der Waals surface area contributed by atoms with Crippen molar-refractivity contribution in [2.45, 2.75) is 19.6 Å². The van der Waals surface area contributed by atoms with Gasteiger partial charge in [-0.2, -0.15) is 11.3 Å². The topological polar surface area (TPSA) is 41.1 Å². The number of thiophene rings is 1. The lowest BCUT2D eigenvalue weighted by Crippen LogP contribution is -2.22. The van der Waals surface area contributed by atoms with E-state index in [2.05, 4.69) is 28.8 Å². The fraction of sp³-hybridized carbons (Fsp3) is 0.214. The fourth-order valence-electron chi connectivity index (χ4n) is 2.14. The summed E-state index contributed by atoms with van der Waals surface area (Å²) in [7, 11) is 0. The van der Waals surface area contributed by atoms with E-state index in [-0.39, 0.29) is 5.91 Å². The molecule has 0 unspecified atom stereocenters. The Hall–Kier alpha value is -1.65. The van der Waals surface area contributed by atoms with Crippen molar-refractivity contribution in [1.29, 1.82) is 0 Å². The molecule has 2 heterocycles. The molecule has 3 nitrogen and oxygen atoms in total. The van der Waals surface area contributed by atoms with Crippen molar-refractivity contribution < 1.29 is 4.79 Å². The smallest absolute Gasteiger partial charge is 0.252 e. The van der Waals surface area contributed by atoms with Crippen molar-refractivity contribution in [2.24, 2.45) is 0 Å². The number of fused-ring (bicyclic) bond motifs is 1. The van der Waals surface area contributed by atoms with E-state index < -0.39 is 0 Å². The van der Waals surface area contributed by atoms with E-state index in [0.29, 0.717) is 6.54 Å². The number of hydrogen-bond donors (Lipinski definition) is 2. The molecule has 1 aliphatic rings. The first kappa shape index (κ1) is 11.4. The molecule has 0 atom stereocenters. The summed E-state index contributed by atoms with van der Waals surface area (Å²) in [4.78, 5) is 11.8. The average molecular weight is 258 g/mol. The molecule has 2 aromatic rings. The number of benzene rings is 1. The third-order valence-corrected chi connectivity index (χ3v) is 3.82. The van der Waals surface area contributed by atoms with Crippen molar-refractivity contribution in [3.63, 3.8) is 0 Å². The van der Waals surface area contributed by atoms with Crippen LogP contribution < -0.4 is 10.6 Å². The number of carbonyl (C=O) groups is 1. The van der Waals surface area contributed by atoms with Gasteiger partial charge >= 0.3 is 0 Å². The molecule has 0 bridgehead atoms. The lowest BCUT2D eigenvalue weighted by Gasteiger charge is -2.06. The van der Waals surface area contributed by atoms with Crippen LogP contribution in [0, 0.1) is 0 Å². The predicted octanol–water partition coefficient (Wildman–Crippen LogP) is 2.28. The lowest BCUT2D eigenvalue weighted by atomic mass is 10.1. The monoisotopic (exact) mass is 258 g/mol. The van der Waals surface area contributed by atoms with Crippen LogP contribution in [0.4, 0.5) is 0 Å². The van der Waals surface area contributed by atoms with E-state index in [1.807, 2.05) is 16.8 Å². The van der Waals surface area contributed by atoms with Gasteiger partial charge in [-0.1, -0.05) is 18.2 Å². The maximum atomic E-state index is 11.8. The molecule has 1 aromatic carbocycles. The van der Waals surface area contributed by atoms with Crippen LogP contribution in [0.25, 0.3) is 0 Å². The van der Waals surface area contributed by atoms with Gasteiger partial charge in [0.2, 0.25) is 0 Å². The molecule has 0 radical (unpaired) electrons. The minimum atomic E-state index is -0.00475. The Bertz CT molecular complexity index is 563. The number of rotatable bonds is 3. The molecule has 0 spiro atoms. The highest BCUT2D eigenvalue weighted by molar-refractivity contribution is 7.08. The van der Waals surface area contributed by atoms with E-state index in [1.54, 1.807) is 0 Å². The molecule has 3 rings (SSSR count). The summed E-state index contributed by atoms with van der Waals surface area (Å²) in [5, 5.41) is 10.0. The van der Waals surface area contributed by atoms with Crippen LogP contribution in [0.15, 0.2) is 35.0 Å². The molecule has 1 aliphatic heterocycles. The fourth-order valence-corrected chi connectivity index (χ4v) is 2.77. The first-order chi connectivity index (χ1) is 8.83. The van der Waals surface area contributed by atoms with Crippen LogP contribution in [0.5, 0.6) is 0 Å². The summed E-state index contributed by atoms with van der Waals surface area (Å²) in [5.74, 6) is -0.00475. The molecule has 4 heteroatoms. The van der Waals surface area contributed by atoms with Gasteiger partial charge in [0.25, 0.3) is 5.91 Å². The van der Waals surface area contributed by atoms with Crippen LogP contribution in [0.3, 0.4) is 0 Å². The SMILES string of the molecule is O=C(NCc1ccc2c(c1)CNC2)c1ccsc1. The zero-order valence-corrected chi connectivity index (χ0v) is 10.7. The van der Waals surface area contributed by atoms with Crippen LogP contribution in [0.1, 0.15) is 27.0 Å². The standard InChI is InChI=1S/C14H14N2OS/c17-14(12-3-4-18-9-12)16-6-10-1-2-11-7-15-8-13(11)5-10/h1-5,9,15H,6-8H2,(H,16,17). The Morgan fingerprint density at radius 1 is 1.28 bits per heavy atom. The van der Waals surface area contributed by atoms with Gasteiger partial charge in [0, 0.05) is 30.6 Å². The molecule has 0 saturated heterocycles. The van der Waals surface area contributed by atoms with Crippen LogP contribution >= 0.6 is 11.3 Å². The Morgan fingerprint density at radius 3 is 3.00 bits per heavy atom. The first-order valence-corrected chi connectivity index (χ1v) is 6.89. The van der Waals surface area contributed by atoms with Crippen LogP contribution in [0.2, 0.25) is 0 Å². The number of hydrogen-bond acceptors (Lipinski definition) is 3. The lowest BCUT2D eigenvalue weighted by molar-refractivity contribution is 0.0951. The van der Waals surface area contributed by atoms with Crippen molar-refractivity contribution in [3.8, 4) is 0 Å². The van der Waals surface area contributed by atoms with Crippen LogP contribution in [-0.4, -0.2) is 5.91 Å². The highest BCUT2D eigenvalue weighted by atomic mass is 32.1. The predicted molar refractivity (Wildman–Crippen MR) is 72.5 cm³/mol. The molecule has 1 amide bonds. The highest BCUT2D eigenvalue weighted by Gasteiger charge is 2.10. The number of amides is 1. The normalized spacial score (nSPS) is 13.3. The number of carbonyl (C=O) groups excluding carboxylic acids is 1. The van der Waals surface area contributed by atoms with Gasteiger partial charge in [-0.3, -0.25) is 4.79 Å². The van der Waals surface area contributed by atoms with E-state index in [1.165, 1.54) is 22.5 Å². The summed E-state index contributed by atoms with van der Waals surface area (Å²) < 4.78 is 0. The molecule has 1 aromatic heterocycles. The summed E-state index contributed by atoms with van der Waals surface area (Å²) in [5.41, 5.74) is 4.60. The Balaban J connectivity index is 1.65. The molecule has 18 heavy (non-hydrogen) atoms.